The van der Waals surface area contributed by atoms with Gasteiger partial charge in [-0.05, 0) is 62.7 Å². The van der Waals surface area contributed by atoms with Gasteiger partial charge in [0.1, 0.15) is 23.9 Å². The molecule has 2 amide bonds. The number of amides is 2. The van der Waals surface area contributed by atoms with Gasteiger partial charge in [0.2, 0.25) is 18.6 Å². The lowest BCUT2D eigenvalue weighted by molar-refractivity contribution is -0.128. The van der Waals surface area contributed by atoms with Crippen LogP contribution in [0.25, 0.3) is 11.0 Å². The molecule has 4 aromatic rings. The highest BCUT2D eigenvalue weighted by Crippen LogP contribution is 2.39. The van der Waals surface area contributed by atoms with Crippen LogP contribution in [-0.2, 0) is 16.1 Å². The Morgan fingerprint density at radius 3 is 2.63 bits per heavy atom. The van der Waals surface area contributed by atoms with Crippen molar-refractivity contribution in [3.05, 3.63) is 72.3 Å². The van der Waals surface area contributed by atoms with Crippen molar-refractivity contribution in [2.45, 2.75) is 38.9 Å². The Morgan fingerprint density at radius 1 is 1.05 bits per heavy atom. The van der Waals surface area contributed by atoms with Gasteiger partial charge in [0, 0.05) is 17.3 Å². The molecule has 1 N–H and O–H groups in total. The standard InChI is InChI=1S/C28H29N5O5/c1-28(2,3)29-27(35)26(18-8-7-9-20(14-18)36-4)33(19-12-13-23-24(15-19)38-17-37-23)25(34)16-32-22-11-6-5-10-21(22)30-31-32/h5-15,26H,16-17H2,1-4H3,(H,29,35)/t26-/m0/s1. The fraction of sp³-hybridized carbons (Fsp3) is 0.286. The minimum absolute atomic E-state index is 0.0848. The molecule has 0 spiro atoms. The van der Waals surface area contributed by atoms with E-state index in [4.69, 9.17) is 14.2 Å². The second-order valence-corrected chi connectivity index (χ2v) is 9.96. The lowest BCUT2D eigenvalue weighted by Crippen LogP contribution is -2.50. The van der Waals surface area contributed by atoms with E-state index in [9.17, 15) is 9.59 Å². The van der Waals surface area contributed by atoms with E-state index in [-0.39, 0.29) is 25.2 Å². The molecule has 196 valence electrons. The molecule has 0 fully saturated rings. The van der Waals surface area contributed by atoms with Crippen LogP contribution in [0.5, 0.6) is 17.2 Å². The van der Waals surface area contributed by atoms with Gasteiger partial charge in [-0.2, -0.15) is 0 Å². The monoisotopic (exact) mass is 515 g/mol. The molecule has 0 radical (unpaired) electrons. The van der Waals surface area contributed by atoms with Crippen LogP contribution >= 0.6 is 0 Å². The number of anilines is 1. The molecule has 38 heavy (non-hydrogen) atoms. The number of hydrogen-bond acceptors (Lipinski definition) is 7. The van der Waals surface area contributed by atoms with Crippen molar-refractivity contribution in [1.29, 1.82) is 0 Å². The first-order valence-electron chi connectivity index (χ1n) is 12.2. The van der Waals surface area contributed by atoms with E-state index in [0.29, 0.717) is 39.5 Å². The first-order valence-corrected chi connectivity index (χ1v) is 12.2. The number of fused-ring (bicyclic) bond motifs is 2. The fourth-order valence-electron chi connectivity index (χ4n) is 4.38. The number of para-hydroxylation sites is 1. The Morgan fingerprint density at radius 2 is 1.84 bits per heavy atom. The van der Waals surface area contributed by atoms with E-state index in [1.807, 2.05) is 45.0 Å². The van der Waals surface area contributed by atoms with Crippen LogP contribution in [0.1, 0.15) is 32.4 Å². The number of carbonyl (C=O) groups is 2. The molecule has 0 saturated carbocycles. The molecule has 5 rings (SSSR count). The van der Waals surface area contributed by atoms with Gasteiger partial charge in [0.05, 0.1) is 12.6 Å². The van der Waals surface area contributed by atoms with Gasteiger partial charge < -0.3 is 19.5 Å². The SMILES string of the molecule is COc1cccc([C@@H](C(=O)NC(C)(C)C)N(C(=O)Cn2nnc3ccccc32)c2ccc3c(c2)OCO3)c1. The molecule has 0 bridgehead atoms. The van der Waals surface area contributed by atoms with E-state index in [1.165, 1.54) is 9.58 Å². The average molecular weight is 516 g/mol. The zero-order valence-electron chi connectivity index (χ0n) is 21.7. The Labute approximate surface area is 220 Å². The summed E-state index contributed by atoms with van der Waals surface area (Å²) < 4.78 is 18.0. The molecule has 10 nitrogen and oxygen atoms in total. The zero-order chi connectivity index (χ0) is 26.9. The van der Waals surface area contributed by atoms with E-state index in [1.54, 1.807) is 49.6 Å². The summed E-state index contributed by atoms with van der Waals surface area (Å²) >= 11 is 0. The van der Waals surface area contributed by atoms with Crippen LogP contribution in [0, 0.1) is 0 Å². The molecule has 1 atom stereocenters. The smallest absolute Gasteiger partial charge is 0.249 e. The predicted molar refractivity (Wildman–Crippen MR) is 141 cm³/mol. The van der Waals surface area contributed by atoms with Gasteiger partial charge in [-0.15, -0.1) is 5.10 Å². The fourth-order valence-corrected chi connectivity index (χ4v) is 4.38. The summed E-state index contributed by atoms with van der Waals surface area (Å²) in [4.78, 5) is 29.5. The van der Waals surface area contributed by atoms with Crippen molar-refractivity contribution < 1.29 is 23.8 Å². The maximum absolute atomic E-state index is 14.1. The minimum Gasteiger partial charge on any atom is -0.497 e. The largest absolute Gasteiger partial charge is 0.497 e. The van der Waals surface area contributed by atoms with Crippen molar-refractivity contribution in [3.63, 3.8) is 0 Å². The normalized spacial score (nSPS) is 13.3. The predicted octanol–water partition coefficient (Wildman–Crippen LogP) is 3.86. The maximum atomic E-state index is 14.1. The second-order valence-electron chi connectivity index (χ2n) is 9.96. The summed E-state index contributed by atoms with van der Waals surface area (Å²) in [7, 11) is 1.56. The number of methoxy groups -OCH3 is 1. The molecule has 10 heteroatoms. The van der Waals surface area contributed by atoms with Gasteiger partial charge in [0.15, 0.2) is 11.5 Å². The molecular weight excluding hydrogens is 486 g/mol. The average Bonchev–Trinajstić information content (AvgIpc) is 3.52. The summed E-state index contributed by atoms with van der Waals surface area (Å²) in [6.07, 6.45) is 0. The Hall–Kier alpha value is -4.60. The number of hydrogen-bond donors (Lipinski definition) is 1. The quantitative estimate of drug-likeness (QED) is 0.398. The van der Waals surface area contributed by atoms with E-state index < -0.39 is 11.6 Å². The zero-order valence-corrected chi connectivity index (χ0v) is 21.7. The number of nitrogens with one attached hydrogen (secondary N) is 1. The van der Waals surface area contributed by atoms with E-state index in [2.05, 4.69) is 15.6 Å². The maximum Gasteiger partial charge on any atom is 0.249 e. The van der Waals surface area contributed by atoms with Crippen molar-refractivity contribution in [3.8, 4) is 17.2 Å². The summed E-state index contributed by atoms with van der Waals surface area (Å²) in [5.41, 5.74) is 1.90. The molecule has 1 aliphatic rings. The van der Waals surface area contributed by atoms with Gasteiger partial charge in [-0.3, -0.25) is 14.5 Å². The van der Waals surface area contributed by atoms with Gasteiger partial charge in [-0.25, -0.2) is 4.68 Å². The van der Waals surface area contributed by atoms with Crippen molar-refractivity contribution in [2.75, 3.05) is 18.8 Å². The van der Waals surface area contributed by atoms with Crippen LogP contribution in [0.15, 0.2) is 66.7 Å². The molecule has 0 saturated heterocycles. The highest BCUT2D eigenvalue weighted by atomic mass is 16.7. The highest BCUT2D eigenvalue weighted by Gasteiger charge is 2.36. The summed E-state index contributed by atoms with van der Waals surface area (Å²) in [6, 6.07) is 18.7. The van der Waals surface area contributed by atoms with Crippen LogP contribution < -0.4 is 24.4 Å². The lowest BCUT2D eigenvalue weighted by atomic mass is 10.00. The van der Waals surface area contributed by atoms with Gasteiger partial charge >= 0.3 is 0 Å². The van der Waals surface area contributed by atoms with Crippen LogP contribution in [0.3, 0.4) is 0 Å². The van der Waals surface area contributed by atoms with Gasteiger partial charge in [-0.1, -0.05) is 29.5 Å². The minimum atomic E-state index is -1.02. The first-order chi connectivity index (χ1) is 18.2. The lowest BCUT2D eigenvalue weighted by Gasteiger charge is -2.34. The Balaban J connectivity index is 1.63. The molecular formula is C28H29N5O5. The Kier molecular flexibility index (Phi) is 6.62. The number of benzene rings is 3. The number of carbonyl (C=O) groups excluding carboxylic acids is 2. The van der Waals surface area contributed by atoms with E-state index in [0.717, 1.165) is 0 Å². The topological polar surface area (TPSA) is 108 Å². The molecule has 1 aromatic heterocycles. The third-order valence-electron chi connectivity index (χ3n) is 6.02. The highest BCUT2D eigenvalue weighted by molar-refractivity contribution is 6.02. The van der Waals surface area contributed by atoms with Crippen molar-refractivity contribution >= 4 is 28.5 Å². The molecule has 1 aliphatic heterocycles. The summed E-state index contributed by atoms with van der Waals surface area (Å²) in [5, 5.41) is 11.4. The molecule has 0 unspecified atom stereocenters. The van der Waals surface area contributed by atoms with Crippen molar-refractivity contribution in [1.82, 2.24) is 20.3 Å². The first kappa shape index (κ1) is 25.1. The van der Waals surface area contributed by atoms with Gasteiger partial charge in [0.25, 0.3) is 0 Å². The number of nitrogens with zero attached hydrogens (tertiary/aromatic N) is 4. The van der Waals surface area contributed by atoms with Crippen LogP contribution in [0.4, 0.5) is 5.69 Å². The van der Waals surface area contributed by atoms with Crippen LogP contribution in [0.2, 0.25) is 0 Å². The molecule has 3 aromatic carbocycles. The summed E-state index contributed by atoms with van der Waals surface area (Å²) in [6.45, 7) is 5.62. The number of ether oxygens (including phenoxy) is 3. The number of rotatable bonds is 7. The third kappa shape index (κ3) is 5.10. The third-order valence-corrected chi connectivity index (χ3v) is 6.02. The van der Waals surface area contributed by atoms with E-state index >= 15 is 0 Å². The molecule has 0 aliphatic carbocycles. The molecule has 2 heterocycles. The Bertz CT molecular complexity index is 1490. The van der Waals surface area contributed by atoms with Crippen LogP contribution in [-0.4, -0.2) is 46.2 Å². The number of aromatic nitrogens is 3. The summed E-state index contributed by atoms with van der Waals surface area (Å²) in [5.74, 6) is 0.917. The second kappa shape index (κ2) is 10.0. The van der Waals surface area contributed by atoms with Crippen molar-refractivity contribution in [2.24, 2.45) is 0 Å².